The number of nitrogens with zero attached hydrogens (tertiary/aromatic N) is 1. The quantitative estimate of drug-likeness (QED) is 0.716. The molecule has 27 heavy (non-hydrogen) atoms. The van der Waals surface area contributed by atoms with E-state index in [-0.39, 0.29) is 30.9 Å². The fraction of sp³-hybridized carbons (Fsp3) is 0.364. The van der Waals surface area contributed by atoms with Crippen LogP contribution in [0.25, 0.3) is 0 Å². The van der Waals surface area contributed by atoms with E-state index in [1.165, 1.54) is 5.56 Å². The Bertz CT molecular complexity index is 729. The van der Waals surface area contributed by atoms with E-state index in [2.05, 4.69) is 41.8 Å². The standard InChI is InChI=1S/C22H29N3O2/c1-4-23-20(26)16-25(5-2)21(27)15-24-22(18-9-7-6-8-10-18)19-13-11-17(3)12-14-19/h6-14,22,24H,4-5,15-16H2,1-3H3,(H,23,26)/t22-/m1/s1. The molecule has 5 nitrogen and oxygen atoms in total. The maximum atomic E-state index is 12.6. The third-order valence-electron chi connectivity index (χ3n) is 4.44. The zero-order chi connectivity index (χ0) is 19.6. The van der Waals surface area contributed by atoms with Gasteiger partial charge in [-0.2, -0.15) is 0 Å². The van der Waals surface area contributed by atoms with E-state index in [1.807, 2.05) is 44.2 Å². The van der Waals surface area contributed by atoms with Crippen LogP contribution in [-0.2, 0) is 9.59 Å². The van der Waals surface area contributed by atoms with Crippen molar-refractivity contribution in [3.63, 3.8) is 0 Å². The van der Waals surface area contributed by atoms with Crippen LogP contribution in [0.5, 0.6) is 0 Å². The minimum absolute atomic E-state index is 0.0843. The number of hydrogen-bond donors (Lipinski definition) is 2. The van der Waals surface area contributed by atoms with Gasteiger partial charge in [0, 0.05) is 13.1 Å². The van der Waals surface area contributed by atoms with Gasteiger partial charge in [0.15, 0.2) is 0 Å². The molecule has 0 aromatic heterocycles. The first-order valence-electron chi connectivity index (χ1n) is 9.44. The summed E-state index contributed by atoms with van der Waals surface area (Å²) in [4.78, 5) is 26.0. The zero-order valence-corrected chi connectivity index (χ0v) is 16.4. The normalized spacial score (nSPS) is 11.7. The molecule has 0 unspecified atom stereocenters. The van der Waals surface area contributed by atoms with Gasteiger partial charge in [0.2, 0.25) is 11.8 Å². The Hall–Kier alpha value is -2.66. The molecule has 2 rings (SSSR count). The van der Waals surface area contributed by atoms with Crippen molar-refractivity contribution in [3.8, 4) is 0 Å². The van der Waals surface area contributed by atoms with Gasteiger partial charge in [-0.3, -0.25) is 14.9 Å². The molecule has 0 fully saturated rings. The van der Waals surface area contributed by atoms with Crippen molar-refractivity contribution in [3.05, 3.63) is 71.3 Å². The van der Waals surface area contributed by atoms with E-state index >= 15 is 0 Å². The minimum Gasteiger partial charge on any atom is -0.355 e. The summed E-state index contributed by atoms with van der Waals surface area (Å²) in [6, 6.07) is 18.3. The Morgan fingerprint density at radius 1 is 0.963 bits per heavy atom. The molecule has 0 aliphatic heterocycles. The lowest BCUT2D eigenvalue weighted by atomic mass is 9.98. The second kappa shape index (κ2) is 10.5. The van der Waals surface area contributed by atoms with Crippen molar-refractivity contribution >= 4 is 11.8 Å². The maximum Gasteiger partial charge on any atom is 0.239 e. The lowest BCUT2D eigenvalue weighted by Gasteiger charge is -2.24. The molecular formula is C22H29N3O2. The summed E-state index contributed by atoms with van der Waals surface area (Å²) in [5.74, 6) is -0.220. The van der Waals surface area contributed by atoms with E-state index in [0.717, 1.165) is 11.1 Å². The molecule has 0 aliphatic carbocycles. The Morgan fingerprint density at radius 3 is 2.19 bits per heavy atom. The lowest BCUT2D eigenvalue weighted by molar-refractivity contribution is -0.135. The Labute approximate surface area is 161 Å². The van der Waals surface area contributed by atoms with E-state index in [1.54, 1.807) is 4.90 Å². The molecule has 2 amide bonds. The Morgan fingerprint density at radius 2 is 1.59 bits per heavy atom. The van der Waals surface area contributed by atoms with Gasteiger partial charge >= 0.3 is 0 Å². The van der Waals surface area contributed by atoms with Crippen molar-refractivity contribution < 1.29 is 9.59 Å². The van der Waals surface area contributed by atoms with Crippen molar-refractivity contribution in [1.29, 1.82) is 0 Å². The first kappa shape index (κ1) is 20.6. The number of carbonyl (C=O) groups is 2. The number of hydrogen-bond acceptors (Lipinski definition) is 3. The van der Waals surface area contributed by atoms with E-state index < -0.39 is 0 Å². The summed E-state index contributed by atoms with van der Waals surface area (Å²) in [7, 11) is 0. The first-order valence-corrected chi connectivity index (χ1v) is 9.44. The molecule has 1 atom stereocenters. The topological polar surface area (TPSA) is 61.4 Å². The van der Waals surface area contributed by atoms with Crippen LogP contribution in [-0.4, -0.2) is 42.9 Å². The second-order valence-electron chi connectivity index (χ2n) is 6.50. The lowest BCUT2D eigenvalue weighted by Crippen LogP contribution is -2.44. The third kappa shape index (κ3) is 6.22. The molecule has 144 valence electrons. The van der Waals surface area contributed by atoms with Gasteiger partial charge in [-0.15, -0.1) is 0 Å². The molecular weight excluding hydrogens is 338 g/mol. The molecule has 0 radical (unpaired) electrons. The predicted molar refractivity (Wildman–Crippen MR) is 108 cm³/mol. The molecule has 2 N–H and O–H groups in total. The first-order chi connectivity index (χ1) is 13.0. The van der Waals surface area contributed by atoms with Crippen LogP contribution in [0.1, 0.15) is 36.6 Å². The van der Waals surface area contributed by atoms with Crippen LogP contribution in [0.2, 0.25) is 0 Å². The van der Waals surface area contributed by atoms with Crippen LogP contribution in [0.3, 0.4) is 0 Å². The summed E-state index contributed by atoms with van der Waals surface area (Å²) in [6.07, 6.45) is 0. The summed E-state index contributed by atoms with van der Waals surface area (Å²) in [6.45, 7) is 7.12. The minimum atomic E-state index is -0.133. The van der Waals surface area contributed by atoms with Gasteiger partial charge in [0.05, 0.1) is 19.1 Å². The van der Waals surface area contributed by atoms with Gasteiger partial charge in [-0.1, -0.05) is 60.2 Å². The average molecular weight is 367 g/mol. The number of aryl methyl sites for hydroxylation is 1. The molecule has 0 bridgehead atoms. The summed E-state index contributed by atoms with van der Waals surface area (Å²) >= 11 is 0. The molecule has 2 aromatic rings. The highest BCUT2D eigenvalue weighted by Gasteiger charge is 2.19. The fourth-order valence-corrected chi connectivity index (χ4v) is 2.94. The molecule has 2 aromatic carbocycles. The Balaban J connectivity index is 2.10. The number of nitrogens with one attached hydrogen (secondary N) is 2. The Kier molecular flexibility index (Phi) is 8.01. The molecule has 0 spiro atoms. The van der Waals surface area contributed by atoms with Gasteiger partial charge in [-0.25, -0.2) is 0 Å². The average Bonchev–Trinajstić information content (AvgIpc) is 2.68. The highest BCUT2D eigenvalue weighted by atomic mass is 16.2. The number of benzene rings is 2. The molecule has 0 aliphatic rings. The van der Waals surface area contributed by atoms with Gasteiger partial charge in [-0.05, 0) is 31.9 Å². The van der Waals surface area contributed by atoms with E-state index in [9.17, 15) is 9.59 Å². The molecule has 5 heteroatoms. The smallest absolute Gasteiger partial charge is 0.239 e. The van der Waals surface area contributed by atoms with E-state index in [4.69, 9.17) is 0 Å². The van der Waals surface area contributed by atoms with Crippen LogP contribution in [0.4, 0.5) is 0 Å². The summed E-state index contributed by atoms with van der Waals surface area (Å²) < 4.78 is 0. The van der Waals surface area contributed by atoms with Crippen LogP contribution < -0.4 is 10.6 Å². The SMILES string of the molecule is CCNC(=O)CN(CC)C(=O)CN[C@H](c1ccccc1)c1ccc(C)cc1. The highest BCUT2D eigenvalue weighted by molar-refractivity contribution is 5.85. The van der Waals surface area contributed by atoms with Gasteiger partial charge in [0.1, 0.15) is 0 Å². The zero-order valence-electron chi connectivity index (χ0n) is 16.4. The van der Waals surface area contributed by atoms with Crippen LogP contribution >= 0.6 is 0 Å². The van der Waals surface area contributed by atoms with Crippen molar-refractivity contribution in [2.24, 2.45) is 0 Å². The molecule has 0 saturated heterocycles. The van der Waals surface area contributed by atoms with Gasteiger partial charge in [0.25, 0.3) is 0 Å². The van der Waals surface area contributed by atoms with Crippen LogP contribution in [0, 0.1) is 6.92 Å². The number of amides is 2. The third-order valence-corrected chi connectivity index (χ3v) is 4.44. The van der Waals surface area contributed by atoms with Crippen molar-refractivity contribution in [2.45, 2.75) is 26.8 Å². The molecule has 0 heterocycles. The number of carbonyl (C=O) groups excluding carboxylic acids is 2. The fourth-order valence-electron chi connectivity index (χ4n) is 2.94. The summed E-state index contributed by atoms with van der Waals surface area (Å²) in [5.41, 5.74) is 3.40. The predicted octanol–water partition coefficient (Wildman–Crippen LogP) is 2.66. The number of rotatable bonds is 9. The largest absolute Gasteiger partial charge is 0.355 e. The number of likely N-dealkylation sites (N-methyl/N-ethyl adjacent to an activating group) is 2. The van der Waals surface area contributed by atoms with Gasteiger partial charge < -0.3 is 10.2 Å². The maximum absolute atomic E-state index is 12.6. The van der Waals surface area contributed by atoms with E-state index in [0.29, 0.717) is 13.1 Å². The molecule has 0 saturated carbocycles. The summed E-state index contributed by atoms with van der Waals surface area (Å²) in [5, 5.41) is 6.10. The highest BCUT2D eigenvalue weighted by Crippen LogP contribution is 2.22. The van der Waals surface area contributed by atoms with Crippen molar-refractivity contribution in [1.82, 2.24) is 15.5 Å². The van der Waals surface area contributed by atoms with Crippen LogP contribution in [0.15, 0.2) is 54.6 Å². The van der Waals surface area contributed by atoms with Crippen molar-refractivity contribution in [2.75, 3.05) is 26.2 Å². The second-order valence-corrected chi connectivity index (χ2v) is 6.50. The monoisotopic (exact) mass is 367 g/mol.